The maximum absolute atomic E-state index is 11.6. The Morgan fingerprint density at radius 1 is 1.16 bits per heavy atom. The van der Waals surface area contributed by atoms with E-state index in [9.17, 15) is 10.1 Å². The van der Waals surface area contributed by atoms with Crippen molar-refractivity contribution in [2.24, 2.45) is 0 Å². The fourth-order valence-electron chi connectivity index (χ4n) is 4.02. The Bertz CT molecular complexity index is 684. The van der Waals surface area contributed by atoms with Gasteiger partial charge in [-0.3, -0.25) is 4.79 Å². The van der Waals surface area contributed by atoms with Gasteiger partial charge in [0.2, 0.25) is 5.91 Å². The Morgan fingerprint density at radius 3 is 2.44 bits per heavy atom. The SMILES string of the molecule is CCCCc1nc(N2CCN(C(C)=O)CC2)c(C#N)c2c1CCCC2. The number of carbonyl (C=O) groups is 1. The topological polar surface area (TPSA) is 60.2 Å². The number of hydrogen-bond acceptors (Lipinski definition) is 4. The molecule has 3 rings (SSSR count). The van der Waals surface area contributed by atoms with E-state index in [0.717, 1.165) is 63.0 Å². The van der Waals surface area contributed by atoms with Crippen LogP contribution in [0.5, 0.6) is 0 Å². The number of rotatable bonds is 4. The molecule has 0 unspecified atom stereocenters. The van der Waals surface area contributed by atoms with Gasteiger partial charge in [0.25, 0.3) is 0 Å². The quantitative estimate of drug-likeness (QED) is 0.845. The zero-order valence-electron chi connectivity index (χ0n) is 15.5. The number of nitriles is 1. The molecule has 1 saturated heterocycles. The van der Waals surface area contributed by atoms with Gasteiger partial charge in [-0.2, -0.15) is 5.26 Å². The fraction of sp³-hybridized carbons (Fsp3) is 0.650. The first kappa shape index (κ1) is 17.7. The largest absolute Gasteiger partial charge is 0.352 e. The molecule has 2 heterocycles. The number of fused-ring (bicyclic) bond motifs is 1. The van der Waals surface area contributed by atoms with Crippen molar-refractivity contribution in [1.29, 1.82) is 5.26 Å². The molecular weight excluding hydrogens is 312 g/mol. The van der Waals surface area contributed by atoms with Crippen molar-refractivity contribution < 1.29 is 4.79 Å². The number of hydrogen-bond donors (Lipinski definition) is 0. The van der Waals surface area contributed by atoms with Crippen LogP contribution in [-0.2, 0) is 24.1 Å². The summed E-state index contributed by atoms with van der Waals surface area (Å²) in [6.45, 7) is 6.77. The van der Waals surface area contributed by atoms with Crippen LogP contribution in [0.25, 0.3) is 0 Å². The standard InChI is InChI=1S/C20H28N4O/c1-3-4-9-19-17-8-6-5-7-16(17)18(14-21)20(22-19)24-12-10-23(11-13-24)15(2)25/h3-13H2,1-2H3. The third kappa shape index (κ3) is 3.63. The maximum atomic E-state index is 11.6. The summed E-state index contributed by atoms with van der Waals surface area (Å²) in [6.07, 6.45) is 7.73. The van der Waals surface area contributed by atoms with E-state index < -0.39 is 0 Å². The van der Waals surface area contributed by atoms with E-state index in [1.54, 1.807) is 6.92 Å². The molecule has 1 aromatic rings. The molecule has 0 bridgehead atoms. The van der Waals surface area contributed by atoms with Gasteiger partial charge in [0, 0.05) is 38.8 Å². The van der Waals surface area contributed by atoms with E-state index in [-0.39, 0.29) is 5.91 Å². The number of anilines is 1. The van der Waals surface area contributed by atoms with E-state index in [1.165, 1.54) is 23.2 Å². The second-order valence-electron chi connectivity index (χ2n) is 7.13. The monoisotopic (exact) mass is 340 g/mol. The highest BCUT2D eigenvalue weighted by Gasteiger charge is 2.27. The van der Waals surface area contributed by atoms with Crippen molar-refractivity contribution in [2.75, 3.05) is 31.1 Å². The Balaban J connectivity index is 1.95. The summed E-state index contributed by atoms with van der Waals surface area (Å²) in [5.74, 6) is 0.986. The fourth-order valence-corrected chi connectivity index (χ4v) is 4.02. The van der Waals surface area contributed by atoms with Crippen LogP contribution in [0.1, 0.15) is 61.9 Å². The highest BCUT2D eigenvalue weighted by molar-refractivity contribution is 5.73. The summed E-state index contributed by atoms with van der Waals surface area (Å²) < 4.78 is 0. The Morgan fingerprint density at radius 2 is 1.84 bits per heavy atom. The first-order chi connectivity index (χ1) is 12.2. The van der Waals surface area contributed by atoms with Crippen LogP contribution in [0.15, 0.2) is 0 Å². The number of aryl methyl sites for hydroxylation is 1. The number of unbranched alkanes of at least 4 members (excludes halogenated alkanes) is 1. The van der Waals surface area contributed by atoms with Gasteiger partial charge >= 0.3 is 0 Å². The smallest absolute Gasteiger partial charge is 0.219 e. The number of piperazine rings is 1. The van der Waals surface area contributed by atoms with Crippen molar-refractivity contribution in [3.8, 4) is 6.07 Å². The molecule has 0 saturated carbocycles. The molecule has 1 aromatic heterocycles. The van der Waals surface area contributed by atoms with Crippen LogP contribution >= 0.6 is 0 Å². The molecule has 5 nitrogen and oxygen atoms in total. The molecule has 0 spiro atoms. The summed E-state index contributed by atoms with van der Waals surface area (Å²) in [6, 6.07) is 2.45. The molecule has 1 aliphatic heterocycles. The minimum Gasteiger partial charge on any atom is -0.352 e. The van der Waals surface area contributed by atoms with Gasteiger partial charge < -0.3 is 9.80 Å². The molecule has 5 heteroatoms. The lowest BCUT2D eigenvalue weighted by atomic mass is 9.86. The minimum absolute atomic E-state index is 0.127. The lowest BCUT2D eigenvalue weighted by Crippen LogP contribution is -2.48. The van der Waals surface area contributed by atoms with Crippen molar-refractivity contribution in [1.82, 2.24) is 9.88 Å². The molecule has 0 N–H and O–H groups in total. The van der Waals surface area contributed by atoms with Crippen LogP contribution in [0.3, 0.4) is 0 Å². The second kappa shape index (κ2) is 7.86. The van der Waals surface area contributed by atoms with Gasteiger partial charge in [0.05, 0.1) is 5.56 Å². The summed E-state index contributed by atoms with van der Waals surface area (Å²) in [4.78, 5) is 20.6. The van der Waals surface area contributed by atoms with Gasteiger partial charge in [0.1, 0.15) is 11.9 Å². The molecule has 0 atom stereocenters. The lowest BCUT2D eigenvalue weighted by molar-refractivity contribution is -0.129. The predicted octanol–water partition coefficient (Wildman–Crippen LogP) is 2.84. The third-order valence-corrected chi connectivity index (χ3v) is 5.49. The van der Waals surface area contributed by atoms with E-state index >= 15 is 0 Å². The summed E-state index contributed by atoms with van der Waals surface area (Å²) >= 11 is 0. The van der Waals surface area contributed by atoms with Gasteiger partial charge in [-0.15, -0.1) is 0 Å². The summed E-state index contributed by atoms with van der Waals surface area (Å²) in [5.41, 5.74) is 4.59. The Hall–Kier alpha value is -2.09. The number of aromatic nitrogens is 1. The molecule has 25 heavy (non-hydrogen) atoms. The molecular formula is C20H28N4O. The zero-order valence-corrected chi connectivity index (χ0v) is 15.5. The van der Waals surface area contributed by atoms with E-state index in [1.807, 2.05) is 4.90 Å². The van der Waals surface area contributed by atoms with Crippen LogP contribution in [0, 0.1) is 11.3 Å². The van der Waals surface area contributed by atoms with Crippen LogP contribution in [-0.4, -0.2) is 42.0 Å². The molecule has 1 aliphatic carbocycles. The summed E-state index contributed by atoms with van der Waals surface area (Å²) in [5, 5.41) is 9.83. The molecule has 0 aromatic carbocycles. The van der Waals surface area contributed by atoms with Crippen LogP contribution in [0.4, 0.5) is 5.82 Å². The van der Waals surface area contributed by atoms with Crippen LogP contribution in [0.2, 0.25) is 0 Å². The number of pyridine rings is 1. The highest BCUT2D eigenvalue weighted by Crippen LogP contribution is 2.33. The lowest BCUT2D eigenvalue weighted by Gasteiger charge is -2.36. The molecule has 1 amide bonds. The van der Waals surface area contributed by atoms with E-state index in [4.69, 9.17) is 4.98 Å². The number of nitrogens with zero attached hydrogens (tertiary/aromatic N) is 4. The van der Waals surface area contributed by atoms with Crippen molar-refractivity contribution in [3.05, 3.63) is 22.4 Å². The van der Waals surface area contributed by atoms with E-state index in [0.29, 0.717) is 13.1 Å². The van der Waals surface area contributed by atoms with Gasteiger partial charge in [-0.25, -0.2) is 4.98 Å². The Kier molecular flexibility index (Phi) is 5.57. The number of amides is 1. The molecule has 0 radical (unpaired) electrons. The average molecular weight is 340 g/mol. The van der Waals surface area contributed by atoms with Gasteiger partial charge in [-0.05, 0) is 49.7 Å². The zero-order chi connectivity index (χ0) is 17.8. The normalized spacial score (nSPS) is 17.2. The molecule has 2 aliphatic rings. The molecule has 134 valence electrons. The van der Waals surface area contributed by atoms with E-state index in [2.05, 4.69) is 17.9 Å². The van der Waals surface area contributed by atoms with Crippen LogP contribution < -0.4 is 4.90 Å². The van der Waals surface area contributed by atoms with Crippen molar-refractivity contribution >= 4 is 11.7 Å². The predicted molar refractivity (Wildman–Crippen MR) is 98.7 cm³/mol. The highest BCUT2D eigenvalue weighted by atomic mass is 16.2. The van der Waals surface area contributed by atoms with Gasteiger partial charge in [-0.1, -0.05) is 13.3 Å². The first-order valence-electron chi connectivity index (χ1n) is 9.60. The maximum Gasteiger partial charge on any atom is 0.219 e. The van der Waals surface area contributed by atoms with Gasteiger partial charge in [0.15, 0.2) is 0 Å². The first-order valence-corrected chi connectivity index (χ1v) is 9.60. The number of carbonyl (C=O) groups excluding carboxylic acids is 1. The van der Waals surface area contributed by atoms with Crippen molar-refractivity contribution in [3.63, 3.8) is 0 Å². The average Bonchev–Trinajstić information content (AvgIpc) is 2.65. The Labute approximate surface area is 150 Å². The summed E-state index contributed by atoms with van der Waals surface area (Å²) in [7, 11) is 0. The minimum atomic E-state index is 0.127. The third-order valence-electron chi connectivity index (χ3n) is 5.49. The van der Waals surface area contributed by atoms with Crippen molar-refractivity contribution in [2.45, 2.75) is 58.8 Å². The second-order valence-corrected chi connectivity index (χ2v) is 7.13. The molecule has 1 fully saturated rings.